The average Bonchev–Trinajstić information content (AvgIpc) is 1.97. The van der Waals surface area contributed by atoms with E-state index in [4.69, 9.17) is 11.5 Å². The summed E-state index contributed by atoms with van der Waals surface area (Å²) in [4.78, 5) is 20.6. The van der Waals surface area contributed by atoms with Gasteiger partial charge in [0.25, 0.3) is 0 Å². The van der Waals surface area contributed by atoms with Gasteiger partial charge in [0.1, 0.15) is 0 Å². The second-order valence-electron chi connectivity index (χ2n) is 1.99. The number of hydrogen-bond acceptors (Lipinski definition) is 4. The molecule has 0 fully saturated rings. The van der Waals surface area contributed by atoms with Gasteiger partial charge >= 0.3 is 5.97 Å². The van der Waals surface area contributed by atoms with Gasteiger partial charge in [-0.3, -0.25) is 9.59 Å². The topological polar surface area (TPSA) is 95.4 Å². The van der Waals surface area contributed by atoms with Crippen LogP contribution in [-0.4, -0.2) is 25.0 Å². The Balaban J connectivity index is 3.14. The molecule has 0 aliphatic heterocycles. The van der Waals surface area contributed by atoms with E-state index in [0.717, 1.165) is 0 Å². The maximum Gasteiger partial charge on any atom is 0.319 e. The van der Waals surface area contributed by atoms with Crippen molar-refractivity contribution in [3.05, 3.63) is 0 Å². The van der Waals surface area contributed by atoms with Gasteiger partial charge in [0.05, 0.1) is 13.2 Å². The molecular formula is C6H12N2O3. The lowest BCUT2D eigenvalue weighted by atomic mass is 10.3. The van der Waals surface area contributed by atoms with Crippen molar-refractivity contribution in [2.24, 2.45) is 11.5 Å². The first kappa shape index (κ1) is 9.90. The van der Waals surface area contributed by atoms with E-state index in [2.05, 4.69) is 4.74 Å². The van der Waals surface area contributed by atoms with E-state index in [0.29, 0.717) is 6.42 Å². The van der Waals surface area contributed by atoms with Crippen molar-refractivity contribution >= 4 is 11.9 Å². The highest BCUT2D eigenvalue weighted by Crippen LogP contribution is 1.88. The number of ether oxygens (including phenoxy) is 1. The van der Waals surface area contributed by atoms with Crippen LogP contribution >= 0.6 is 0 Å². The molecule has 0 saturated heterocycles. The molecule has 0 unspecified atom stereocenters. The highest BCUT2D eigenvalue weighted by Gasteiger charge is 1.98. The fourth-order valence-electron chi connectivity index (χ4n) is 0.491. The Morgan fingerprint density at radius 3 is 2.45 bits per heavy atom. The van der Waals surface area contributed by atoms with Gasteiger partial charge in [-0.05, 0) is 6.42 Å². The minimum Gasteiger partial charge on any atom is -0.465 e. The summed E-state index contributed by atoms with van der Waals surface area (Å²) < 4.78 is 4.57. The highest BCUT2D eigenvalue weighted by atomic mass is 16.5. The molecule has 0 atom stereocenters. The molecule has 1 amide bonds. The molecule has 5 heteroatoms. The minimum absolute atomic E-state index is 0.128. The largest absolute Gasteiger partial charge is 0.465 e. The maximum atomic E-state index is 10.4. The summed E-state index contributed by atoms with van der Waals surface area (Å²) in [5.41, 5.74) is 9.79. The molecule has 11 heavy (non-hydrogen) atoms. The predicted octanol–water partition coefficient (Wildman–Crippen LogP) is -1.25. The van der Waals surface area contributed by atoms with Gasteiger partial charge in [0, 0.05) is 6.42 Å². The molecular weight excluding hydrogens is 148 g/mol. The summed E-state index contributed by atoms with van der Waals surface area (Å²) in [7, 11) is 0. The second kappa shape index (κ2) is 5.67. The van der Waals surface area contributed by atoms with Gasteiger partial charge in [0.2, 0.25) is 5.91 Å². The van der Waals surface area contributed by atoms with Crippen molar-refractivity contribution < 1.29 is 14.3 Å². The first-order chi connectivity index (χ1) is 5.16. The van der Waals surface area contributed by atoms with Crippen LogP contribution in [0.15, 0.2) is 0 Å². The number of hydrogen-bond donors (Lipinski definition) is 2. The van der Waals surface area contributed by atoms with Crippen LogP contribution in [0.2, 0.25) is 0 Å². The van der Waals surface area contributed by atoms with Crippen molar-refractivity contribution in [3.63, 3.8) is 0 Å². The zero-order valence-electron chi connectivity index (χ0n) is 6.21. The van der Waals surface area contributed by atoms with Crippen molar-refractivity contribution in [1.29, 1.82) is 0 Å². The van der Waals surface area contributed by atoms with Crippen molar-refractivity contribution in [1.82, 2.24) is 0 Å². The minimum atomic E-state index is -0.463. The van der Waals surface area contributed by atoms with E-state index in [9.17, 15) is 9.59 Å². The first-order valence-corrected chi connectivity index (χ1v) is 3.31. The maximum absolute atomic E-state index is 10.4. The number of primary amides is 1. The second-order valence-corrected chi connectivity index (χ2v) is 1.99. The van der Waals surface area contributed by atoms with Crippen molar-refractivity contribution in [2.45, 2.75) is 12.8 Å². The van der Waals surface area contributed by atoms with Crippen LogP contribution in [0, 0.1) is 0 Å². The number of nitrogens with two attached hydrogens (primary N) is 2. The zero-order chi connectivity index (χ0) is 8.69. The Bertz CT molecular complexity index is 147. The summed E-state index contributed by atoms with van der Waals surface area (Å²) in [6.07, 6.45) is 0.693. The fraction of sp³-hybridized carbons (Fsp3) is 0.667. The van der Waals surface area contributed by atoms with Crippen LogP contribution in [-0.2, 0) is 14.3 Å². The molecule has 0 spiro atoms. The predicted molar refractivity (Wildman–Crippen MR) is 38.4 cm³/mol. The number of amides is 1. The SMILES string of the molecule is NCC(=O)OCCCC(N)=O. The van der Waals surface area contributed by atoms with Crippen LogP contribution in [0.4, 0.5) is 0 Å². The van der Waals surface area contributed by atoms with Crippen LogP contribution in [0.1, 0.15) is 12.8 Å². The summed E-state index contributed by atoms with van der Waals surface area (Å²) in [5.74, 6) is -0.858. The lowest BCUT2D eigenvalue weighted by Gasteiger charge is -2.00. The van der Waals surface area contributed by atoms with Gasteiger partial charge in [-0.15, -0.1) is 0 Å². The number of rotatable bonds is 5. The lowest BCUT2D eigenvalue weighted by Crippen LogP contribution is -2.18. The first-order valence-electron chi connectivity index (χ1n) is 3.31. The van der Waals surface area contributed by atoms with Crippen molar-refractivity contribution in [3.8, 4) is 0 Å². The fourth-order valence-corrected chi connectivity index (χ4v) is 0.491. The molecule has 0 aliphatic rings. The monoisotopic (exact) mass is 160 g/mol. The van der Waals surface area contributed by atoms with Gasteiger partial charge in [-0.2, -0.15) is 0 Å². The molecule has 0 rings (SSSR count). The summed E-state index contributed by atoms with van der Waals surface area (Å²) >= 11 is 0. The molecule has 0 bridgehead atoms. The normalized spacial score (nSPS) is 9.18. The molecule has 4 N–H and O–H groups in total. The summed E-state index contributed by atoms with van der Waals surface area (Å²) in [6.45, 7) is 0.0789. The van der Waals surface area contributed by atoms with Crippen LogP contribution in [0.3, 0.4) is 0 Å². The third-order valence-electron chi connectivity index (χ3n) is 0.997. The van der Waals surface area contributed by atoms with E-state index in [-0.39, 0.29) is 19.6 Å². The van der Waals surface area contributed by atoms with Crippen molar-refractivity contribution in [2.75, 3.05) is 13.2 Å². The van der Waals surface area contributed by atoms with Crippen LogP contribution < -0.4 is 11.5 Å². The molecule has 0 heterocycles. The number of esters is 1. The Hall–Kier alpha value is -1.10. The van der Waals surface area contributed by atoms with E-state index in [1.807, 2.05) is 0 Å². The van der Waals surface area contributed by atoms with Gasteiger partial charge < -0.3 is 16.2 Å². The molecule has 0 aromatic rings. The van der Waals surface area contributed by atoms with Crippen LogP contribution in [0.5, 0.6) is 0 Å². The molecule has 5 nitrogen and oxygen atoms in total. The molecule has 0 saturated carbocycles. The van der Waals surface area contributed by atoms with Gasteiger partial charge in [0.15, 0.2) is 0 Å². The molecule has 0 aromatic carbocycles. The van der Waals surface area contributed by atoms with E-state index in [1.165, 1.54) is 0 Å². The Morgan fingerprint density at radius 1 is 1.36 bits per heavy atom. The van der Waals surface area contributed by atoms with E-state index in [1.54, 1.807) is 0 Å². The quantitative estimate of drug-likeness (QED) is 0.388. The highest BCUT2D eigenvalue weighted by molar-refractivity contribution is 5.73. The zero-order valence-corrected chi connectivity index (χ0v) is 6.21. The number of carbonyl (C=O) groups is 2. The third kappa shape index (κ3) is 6.79. The Labute approximate surface area is 64.7 Å². The molecule has 0 radical (unpaired) electrons. The molecule has 0 aromatic heterocycles. The third-order valence-corrected chi connectivity index (χ3v) is 0.997. The summed E-state index contributed by atoms with van der Waals surface area (Å²) in [6, 6.07) is 0. The van der Waals surface area contributed by atoms with Gasteiger partial charge in [-0.25, -0.2) is 0 Å². The van der Waals surface area contributed by atoms with E-state index < -0.39 is 11.9 Å². The van der Waals surface area contributed by atoms with Gasteiger partial charge in [-0.1, -0.05) is 0 Å². The van der Waals surface area contributed by atoms with Crippen LogP contribution in [0.25, 0.3) is 0 Å². The molecule has 64 valence electrons. The average molecular weight is 160 g/mol. The lowest BCUT2D eigenvalue weighted by molar-refractivity contribution is -0.142. The number of carbonyl (C=O) groups excluding carboxylic acids is 2. The van der Waals surface area contributed by atoms with E-state index >= 15 is 0 Å². The summed E-state index contributed by atoms with van der Waals surface area (Å²) in [5, 5.41) is 0. The smallest absolute Gasteiger partial charge is 0.319 e. The standard InChI is InChI=1S/C6H12N2O3/c7-4-6(10)11-3-1-2-5(8)9/h1-4,7H2,(H2,8,9). The Kier molecular flexibility index (Phi) is 5.10. The Morgan fingerprint density at radius 2 is 2.00 bits per heavy atom. The molecule has 0 aliphatic carbocycles.